The van der Waals surface area contributed by atoms with Crippen LogP contribution in [0.2, 0.25) is 0 Å². The maximum absolute atomic E-state index is 14.1. The highest BCUT2D eigenvalue weighted by atomic mass is 16.7. The summed E-state index contributed by atoms with van der Waals surface area (Å²) in [6.45, 7) is 19.8. The zero-order chi connectivity index (χ0) is 34.8. The zero-order valence-electron chi connectivity index (χ0n) is 30.1. The number of ether oxygens (including phenoxy) is 5. The summed E-state index contributed by atoms with van der Waals surface area (Å²) in [4.78, 5) is 29.6. The molecule has 0 aliphatic carbocycles. The second-order valence-electron chi connectivity index (χ2n) is 14.9. The molecule has 0 aromatic rings. The highest BCUT2D eigenvalue weighted by Crippen LogP contribution is 2.54. The Balaban J connectivity index is 2.07. The van der Waals surface area contributed by atoms with E-state index in [2.05, 4.69) is 18.8 Å². The van der Waals surface area contributed by atoms with Crippen LogP contribution in [-0.4, -0.2) is 121 Å². The number of ketones is 1. The molecule has 3 rings (SSSR count). The molecule has 11 heteroatoms. The minimum absolute atomic E-state index is 0.0728. The van der Waals surface area contributed by atoms with Gasteiger partial charge in [0.15, 0.2) is 12.1 Å². The molecule has 0 bridgehead atoms. The van der Waals surface area contributed by atoms with E-state index in [1.54, 1.807) is 27.0 Å². The number of aliphatic hydroxyl groups excluding tert-OH is 1. The highest BCUT2D eigenvalue weighted by Gasteiger charge is 2.65. The minimum atomic E-state index is -1.44. The van der Waals surface area contributed by atoms with Crippen molar-refractivity contribution >= 4 is 11.8 Å². The van der Waals surface area contributed by atoms with Crippen molar-refractivity contribution in [1.29, 1.82) is 0 Å². The first-order valence-electron chi connectivity index (χ1n) is 17.1. The predicted molar refractivity (Wildman–Crippen MR) is 175 cm³/mol. The first-order chi connectivity index (χ1) is 21.4. The van der Waals surface area contributed by atoms with Gasteiger partial charge in [-0.2, -0.15) is 0 Å². The number of carbonyl (C=O) groups is 2. The maximum Gasteiger partial charge on any atom is 0.316 e. The highest BCUT2D eigenvalue weighted by molar-refractivity contribution is 6.00. The molecule has 3 aliphatic rings. The van der Waals surface area contributed by atoms with E-state index < -0.39 is 65.1 Å². The Labute approximate surface area is 276 Å². The van der Waals surface area contributed by atoms with Crippen molar-refractivity contribution in [3.8, 4) is 0 Å². The molecular weight excluding hydrogens is 592 g/mol. The standard InChI is InChI=1S/C35H62N2O9/c1-13-16-36-17-15-25-34(8,41)26(14-2)44-31(40)23(6)27(38)22(5)30(33(7,42-12)19-20(3)29-35(25,9)46-29)45-32-28(39)24(37(10)11)18-21(4)43-32/h13,20-26,28-30,32,36,39,41H,1,14-19H2,2-12H3/t20-,21-,22-,23?,24+,25-,26-,28-,29?,30-,32+,33-,34+,35?/m1/s1. The fraction of sp³-hybridized carbons (Fsp3) is 0.886. The van der Waals surface area contributed by atoms with Crippen LogP contribution in [0, 0.1) is 23.7 Å². The van der Waals surface area contributed by atoms with Crippen LogP contribution in [0.4, 0.5) is 0 Å². The quantitative estimate of drug-likeness (QED) is 0.105. The second-order valence-corrected chi connectivity index (χ2v) is 14.9. The lowest BCUT2D eigenvalue weighted by Gasteiger charge is -2.47. The van der Waals surface area contributed by atoms with Crippen LogP contribution in [0.5, 0.6) is 0 Å². The summed E-state index contributed by atoms with van der Waals surface area (Å²) >= 11 is 0. The van der Waals surface area contributed by atoms with Gasteiger partial charge in [-0.25, -0.2) is 0 Å². The number of Topliss-reactive ketones (excluding diaryl/α,β-unsaturated/α-hetero) is 1. The minimum Gasteiger partial charge on any atom is -0.459 e. The molecule has 11 nitrogen and oxygen atoms in total. The number of carbonyl (C=O) groups excluding carboxylic acids is 2. The molecule has 3 saturated heterocycles. The van der Waals surface area contributed by atoms with Crippen molar-refractivity contribution in [2.24, 2.45) is 23.7 Å². The van der Waals surface area contributed by atoms with Gasteiger partial charge < -0.3 is 44.1 Å². The van der Waals surface area contributed by atoms with Gasteiger partial charge in [0, 0.05) is 31.5 Å². The number of nitrogens with zero attached hydrogens (tertiary/aromatic N) is 1. The molecule has 0 amide bonds. The fourth-order valence-corrected chi connectivity index (χ4v) is 8.20. The van der Waals surface area contributed by atoms with Crippen molar-refractivity contribution in [3.05, 3.63) is 12.7 Å². The number of likely N-dealkylation sites (N-methyl/N-ethyl adjacent to an activating group) is 1. The largest absolute Gasteiger partial charge is 0.459 e. The molecule has 0 saturated carbocycles. The molecule has 14 atom stereocenters. The Bertz CT molecular complexity index is 1060. The van der Waals surface area contributed by atoms with E-state index >= 15 is 0 Å². The van der Waals surface area contributed by atoms with E-state index in [9.17, 15) is 19.8 Å². The first-order valence-corrected chi connectivity index (χ1v) is 17.1. The Morgan fingerprint density at radius 1 is 1.15 bits per heavy atom. The molecule has 3 N–H and O–H groups in total. The Hall–Kier alpha value is -1.44. The number of rotatable bonds is 10. The maximum atomic E-state index is 14.1. The van der Waals surface area contributed by atoms with Crippen LogP contribution in [0.1, 0.15) is 81.1 Å². The SMILES string of the molecule is C=CCNCC[C@H]1C2(C)OC2[C@H](C)C[C@@](C)(OC)[C@H](O[C@@H]2O[C@H](C)C[C@H](N(C)C)[C@H]2O)[C@H](C)C(=O)C(C)C(=O)O[C@H](CC)[C@@]1(C)O. The van der Waals surface area contributed by atoms with Crippen molar-refractivity contribution < 1.29 is 43.5 Å². The number of cyclic esters (lactones) is 1. The van der Waals surface area contributed by atoms with Crippen molar-refractivity contribution in [1.82, 2.24) is 10.2 Å². The summed E-state index contributed by atoms with van der Waals surface area (Å²) in [5.41, 5.74) is -3.19. The van der Waals surface area contributed by atoms with E-state index in [1.807, 2.05) is 46.7 Å². The lowest BCUT2D eigenvalue weighted by atomic mass is 9.69. The monoisotopic (exact) mass is 654 g/mol. The smallest absolute Gasteiger partial charge is 0.316 e. The van der Waals surface area contributed by atoms with Gasteiger partial charge in [-0.15, -0.1) is 6.58 Å². The summed E-state index contributed by atoms with van der Waals surface area (Å²) in [6, 6.07) is -0.211. The lowest BCUT2D eigenvalue weighted by Crippen LogP contribution is -2.59. The number of fused-ring (bicyclic) bond motifs is 1. The molecule has 0 spiro atoms. The summed E-state index contributed by atoms with van der Waals surface area (Å²) in [5.74, 6) is -3.51. The van der Waals surface area contributed by atoms with Crippen LogP contribution < -0.4 is 5.32 Å². The summed E-state index contributed by atoms with van der Waals surface area (Å²) in [7, 11) is 5.39. The number of aliphatic hydroxyl groups is 2. The van der Waals surface area contributed by atoms with Crippen LogP contribution >= 0.6 is 0 Å². The van der Waals surface area contributed by atoms with Crippen LogP contribution in [0.15, 0.2) is 12.7 Å². The van der Waals surface area contributed by atoms with Crippen LogP contribution in [0.3, 0.4) is 0 Å². The average molecular weight is 655 g/mol. The Kier molecular flexibility index (Phi) is 13.1. The molecule has 3 aliphatic heterocycles. The van der Waals surface area contributed by atoms with Gasteiger partial charge in [-0.3, -0.25) is 9.59 Å². The molecule has 46 heavy (non-hydrogen) atoms. The molecule has 266 valence electrons. The number of hydrogen-bond donors (Lipinski definition) is 3. The summed E-state index contributed by atoms with van der Waals surface area (Å²) < 4.78 is 31.4. The van der Waals surface area contributed by atoms with E-state index in [0.29, 0.717) is 38.8 Å². The van der Waals surface area contributed by atoms with Gasteiger partial charge in [0.25, 0.3) is 0 Å². The predicted octanol–water partition coefficient (Wildman–Crippen LogP) is 3.10. The number of nitrogens with one attached hydrogen (secondary N) is 1. The van der Waals surface area contributed by atoms with Gasteiger partial charge >= 0.3 is 5.97 Å². The van der Waals surface area contributed by atoms with Crippen molar-refractivity contribution in [3.63, 3.8) is 0 Å². The number of hydrogen-bond acceptors (Lipinski definition) is 11. The molecule has 3 fully saturated rings. The van der Waals surface area contributed by atoms with Crippen LogP contribution in [-0.2, 0) is 33.3 Å². The number of esters is 1. The molecule has 0 aromatic carbocycles. The van der Waals surface area contributed by atoms with E-state index in [1.165, 1.54) is 6.92 Å². The fourth-order valence-electron chi connectivity index (χ4n) is 8.20. The third-order valence-corrected chi connectivity index (χ3v) is 11.0. The average Bonchev–Trinajstić information content (AvgIpc) is 3.69. The van der Waals surface area contributed by atoms with Gasteiger partial charge in [0.2, 0.25) is 0 Å². The Morgan fingerprint density at radius 3 is 2.37 bits per heavy atom. The van der Waals surface area contributed by atoms with E-state index in [4.69, 9.17) is 23.7 Å². The first kappa shape index (κ1) is 39.0. The topological polar surface area (TPSA) is 139 Å². The van der Waals surface area contributed by atoms with Gasteiger partial charge in [-0.05, 0) is 86.9 Å². The normalized spacial score (nSPS) is 45.9. The van der Waals surface area contributed by atoms with Crippen LogP contribution in [0.25, 0.3) is 0 Å². The second kappa shape index (κ2) is 15.4. The third kappa shape index (κ3) is 8.05. The lowest BCUT2D eigenvalue weighted by molar-refractivity contribution is -0.295. The number of epoxide rings is 1. The Morgan fingerprint density at radius 2 is 1.80 bits per heavy atom. The van der Waals surface area contributed by atoms with Gasteiger partial charge in [0.1, 0.15) is 23.7 Å². The summed E-state index contributed by atoms with van der Waals surface area (Å²) in [5, 5.41) is 26.8. The molecule has 0 radical (unpaired) electrons. The van der Waals surface area contributed by atoms with Gasteiger partial charge in [0.05, 0.1) is 29.5 Å². The van der Waals surface area contributed by atoms with Crippen molar-refractivity contribution in [2.45, 2.75) is 141 Å². The molecule has 3 heterocycles. The molecule has 3 unspecified atom stereocenters. The zero-order valence-corrected chi connectivity index (χ0v) is 30.1. The van der Waals surface area contributed by atoms with E-state index in [-0.39, 0.29) is 30.0 Å². The number of methoxy groups -OCH3 is 1. The van der Waals surface area contributed by atoms with Gasteiger partial charge in [-0.1, -0.05) is 26.8 Å². The molecule has 0 aromatic heterocycles. The van der Waals surface area contributed by atoms with Crippen molar-refractivity contribution in [2.75, 3.05) is 34.3 Å². The summed E-state index contributed by atoms with van der Waals surface area (Å²) in [6.07, 6.45) is -0.387. The third-order valence-electron chi connectivity index (χ3n) is 11.0. The van der Waals surface area contributed by atoms with E-state index in [0.717, 1.165) is 0 Å². The molecular formula is C35H62N2O9.